The molecule has 0 radical (unpaired) electrons. The highest BCUT2D eigenvalue weighted by molar-refractivity contribution is 6.12. The fourth-order valence-corrected chi connectivity index (χ4v) is 8.83. The number of amidine groups is 1. The first kappa shape index (κ1) is 33.0. The Balaban J connectivity index is 1.02. The van der Waals surface area contributed by atoms with Crippen LogP contribution in [0.3, 0.4) is 0 Å². The summed E-state index contributed by atoms with van der Waals surface area (Å²) in [5.74, 6) is 0.949. The van der Waals surface area contributed by atoms with Crippen molar-refractivity contribution in [1.82, 2.24) is 14.0 Å². The SMILES string of the molecule is CN1C(c2ccc(-n3c4ccccc4c4ccc(-c5ccc6c(c5)c5ccccc5n6-c5ccccc5)cc43)cc2)=NC(c2ccccc2)=CC1c1ccccc1. The van der Waals surface area contributed by atoms with E-state index in [-0.39, 0.29) is 6.04 Å². The highest BCUT2D eigenvalue weighted by atomic mass is 15.2. The van der Waals surface area contributed by atoms with Crippen molar-refractivity contribution in [2.45, 2.75) is 6.04 Å². The molecule has 0 bridgehead atoms. The molecular weight excluding hydrogens is 693 g/mol. The summed E-state index contributed by atoms with van der Waals surface area (Å²) < 4.78 is 4.78. The van der Waals surface area contributed by atoms with Crippen molar-refractivity contribution in [3.8, 4) is 22.5 Å². The Morgan fingerprint density at radius 2 is 0.895 bits per heavy atom. The molecule has 270 valence electrons. The zero-order valence-electron chi connectivity index (χ0n) is 31.5. The molecular formula is C53H38N4. The van der Waals surface area contributed by atoms with Crippen molar-refractivity contribution in [1.29, 1.82) is 0 Å². The van der Waals surface area contributed by atoms with E-state index in [0.717, 1.165) is 28.3 Å². The molecule has 57 heavy (non-hydrogen) atoms. The Labute approximate surface area is 331 Å². The molecule has 1 aliphatic rings. The van der Waals surface area contributed by atoms with Crippen LogP contribution in [0.1, 0.15) is 22.7 Å². The monoisotopic (exact) mass is 730 g/mol. The molecule has 0 N–H and O–H groups in total. The van der Waals surface area contributed by atoms with Gasteiger partial charge in [-0.05, 0) is 95.1 Å². The van der Waals surface area contributed by atoms with Crippen molar-refractivity contribution in [3.05, 3.63) is 223 Å². The Morgan fingerprint density at radius 3 is 1.61 bits per heavy atom. The second-order valence-electron chi connectivity index (χ2n) is 14.9. The van der Waals surface area contributed by atoms with Crippen LogP contribution < -0.4 is 0 Å². The van der Waals surface area contributed by atoms with E-state index in [1.165, 1.54) is 66.0 Å². The average molecular weight is 731 g/mol. The maximum atomic E-state index is 5.27. The topological polar surface area (TPSA) is 25.5 Å². The molecule has 2 aromatic heterocycles. The highest BCUT2D eigenvalue weighted by Gasteiger charge is 2.25. The van der Waals surface area contributed by atoms with Crippen molar-refractivity contribution >= 4 is 55.1 Å². The molecule has 3 heterocycles. The number of aromatic nitrogens is 2. The molecule has 0 aliphatic carbocycles. The fourth-order valence-electron chi connectivity index (χ4n) is 8.83. The van der Waals surface area contributed by atoms with Gasteiger partial charge in [0, 0.05) is 45.5 Å². The van der Waals surface area contributed by atoms with Gasteiger partial charge in [0.2, 0.25) is 0 Å². The zero-order valence-corrected chi connectivity index (χ0v) is 31.5. The van der Waals surface area contributed by atoms with Gasteiger partial charge >= 0.3 is 0 Å². The largest absolute Gasteiger partial charge is 0.349 e. The molecule has 0 fully saturated rings. The highest BCUT2D eigenvalue weighted by Crippen LogP contribution is 2.39. The maximum absolute atomic E-state index is 5.27. The van der Waals surface area contributed by atoms with E-state index in [9.17, 15) is 0 Å². The number of hydrogen-bond donors (Lipinski definition) is 0. The van der Waals surface area contributed by atoms with Crippen LogP contribution in [0.4, 0.5) is 0 Å². The molecule has 8 aromatic carbocycles. The summed E-state index contributed by atoms with van der Waals surface area (Å²) in [6.07, 6.45) is 2.28. The minimum absolute atomic E-state index is 0.0541. The van der Waals surface area contributed by atoms with Gasteiger partial charge in [-0.25, -0.2) is 4.99 Å². The summed E-state index contributed by atoms with van der Waals surface area (Å²) in [6, 6.07) is 72.1. The predicted octanol–water partition coefficient (Wildman–Crippen LogP) is 13.0. The van der Waals surface area contributed by atoms with Gasteiger partial charge < -0.3 is 14.0 Å². The molecule has 1 aliphatic heterocycles. The first-order valence-corrected chi connectivity index (χ1v) is 19.6. The van der Waals surface area contributed by atoms with Crippen LogP contribution in [0.25, 0.3) is 71.8 Å². The smallest absolute Gasteiger partial charge is 0.137 e. The van der Waals surface area contributed by atoms with Crippen LogP contribution in [-0.2, 0) is 0 Å². The van der Waals surface area contributed by atoms with Gasteiger partial charge in [-0.2, -0.15) is 0 Å². The van der Waals surface area contributed by atoms with Gasteiger partial charge in [0.1, 0.15) is 5.84 Å². The summed E-state index contributed by atoms with van der Waals surface area (Å²) in [5, 5.41) is 4.98. The number of para-hydroxylation sites is 3. The van der Waals surface area contributed by atoms with E-state index in [2.05, 4.69) is 227 Å². The second kappa shape index (κ2) is 13.4. The van der Waals surface area contributed by atoms with E-state index in [1.807, 2.05) is 0 Å². The lowest BCUT2D eigenvalue weighted by molar-refractivity contribution is 0.435. The number of likely N-dealkylation sites (N-methyl/N-ethyl adjacent to an activating group) is 1. The molecule has 0 saturated heterocycles. The van der Waals surface area contributed by atoms with Crippen molar-refractivity contribution in [3.63, 3.8) is 0 Å². The minimum Gasteiger partial charge on any atom is -0.349 e. The Bertz CT molecular complexity index is 3170. The molecule has 11 rings (SSSR count). The number of hydrogen-bond acceptors (Lipinski definition) is 2. The first-order chi connectivity index (χ1) is 28.2. The van der Waals surface area contributed by atoms with Gasteiger partial charge in [-0.15, -0.1) is 0 Å². The maximum Gasteiger partial charge on any atom is 0.137 e. The molecule has 10 aromatic rings. The quantitative estimate of drug-likeness (QED) is 0.167. The lowest BCUT2D eigenvalue weighted by atomic mass is 9.99. The summed E-state index contributed by atoms with van der Waals surface area (Å²) in [7, 11) is 2.15. The Morgan fingerprint density at radius 1 is 0.386 bits per heavy atom. The van der Waals surface area contributed by atoms with Gasteiger partial charge in [0.15, 0.2) is 0 Å². The van der Waals surface area contributed by atoms with Gasteiger partial charge in [0.05, 0.1) is 33.8 Å². The molecule has 0 amide bonds. The Kier molecular flexibility index (Phi) is 7.75. The van der Waals surface area contributed by atoms with Crippen LogP contribution in [0.2, 0.25) is 0 Å². The average Bonchev–Trinajstić information content (AvgIpc) is 3.79. The minimum atomic E-state index is 0.0541. The fraction of sp³-hybridized carbons (Fsp3) is 0.0377. The van der Waals surface area contributed by atoms with Gasteiger partial charge in [-0.3, -0.25) is 0 Å². The lowest BCUT2D eigenvalue weighted by Gasteiger charge is -2.33. The molecule has 0 saturated carbocycles. The van der Waals surface area contributed by atoms with Crippen molar-refractivity contribution in [2.75, 3.05) is 7.05 Å². The van der Waals surface area contributed by atoms with E-state index in [1.54, 1.807) is 0 Å². The third kappa shape index (κ3) is 5.49. The van der Waals surface area contributed by atoms with Crippen LogP contribution in [0.5, 0.6) is 0 Å². The summed E-state index contributed by atoms with van der Waals surface area (Å²) >= 11 is 0. The van der Waals surface area contributed by atoms with Crippen LogP contribution in [-0.4, -0.2) is 26.9 Å². The van der Waals surface area contributed by atoms with Gasteiger partial charge in [0.25, 0.3) is 0 Å². The third-order valence-electron chi connectivity index (χ3n) is 11.6. The number of fused-ring (bicyclic) bond motifs is 6. The summed E-state index contributed by atoms with van der Waals surface area (Å²) in [5.41, 5.74) is 13.9. The van der Waals surface area contributed by atoms with E-state index < -0.39 is 0 Å². The second-order valence-corrected chi connectivity index (χ2v) is 14.9. The summed E-state index contributed by atoms with van der Waals surface area (Å²) in [6.45, 7) is 0. The molecule has 4 heteroatoms. The molecule has 1 atom stereocenters. The van der Waals surface area contributed by atoms with Crippen molar-refractivity contribution in [2.24, 2.45) is 4.99 Å². The van der Waals surface area contributed by atoms with Crippen LogP contribution in [0.15, 0.2) is 211 Å². The lowest BCUT2D eigenvalue weighted by Crippen LogP contribution is -2.33. The number of benzene rings is 8. The molecule has 4 nitrogen and oxygen atoms in total. The third-order valence-corrected chi connectivity index (χ3v) is 11.6. The molecule has 0 spiro atoms. The van der Waals surface area contributed by atoms with E-state index in [4.69, 9.17) is 4.99 Å². The number of aliphatic imine (C=N–C) groups is 1. The normalized spacial score (nSPS) is 14.4. The van der Waals surface area contributed by atoms with Crippen molar-refractivity contribution < 1.29 is 0 Å². The number of nitrogens with zero attached hydrogens (tertiary/aromatic N) is 4. The predicted molar refractivity (Wildman–Crippen MR) is 238 cm³/mol. The Hall–Kier alpha value is -7.43. The van der Waals surface area contributed by atoms with Gasteiger partial charge in [-0.1, -0.05) is 133 Å². The van der Waals surface area contributed by atoms with Crippen LogP contribution >= 0.6 is 0 Å². The van der Waals surface area contributed by atoms with Crippen LogP contribution in [0, 0.1) is 0 Å². The van der Waals surface area contributed by atoms with E-state index in [0.29, 0.717) is 0 Å². The standard InChI is InChI=1S/C53H38N4/c1-55-51(37-17-7-3-8-18-37)35-47(36-15-5-2-6-16-36)54-53(55)38-25-29-42(30-26-38)57-48-23-13-11-21-43(48)45-31-27-40(34-52(45)57)39-28-32-50-46(33-39)44-22-12-14-24-49(44)56(50)41-19-9-4-10-20-41/h2-35,51H,1H3. The first-order valence-electron chi connectivity index (χ1n) is 19.6. The molecule has 1 unspecified atom stereocenters. The zero-order chi connectivity index (χ0) is 37.9. The summed E-state index contributed by atoms with van der Waals surface area (Å²) in [4.78, 5) is 7.56. The number of rotatable bonds is 6. The van der Waals surface area contributed by atoms with E-state index >= 15 is 0 Å².